The van der Waals surface area contributed by atoms with Gasteiger partial charge in [-0.25, -0.2) is 12.8 Å². The zero-order valence-corrected chi connectivity index (χ0v) is 25.2. The Morgan fingerprint density at radius 2 is 1.67 bits per heavy atom. The van der Waals surface area contributed by atoms with E-state index in [9.17, 15) is 22.4 Å². The van der Waals surface area contributed by atoms with E-state index in [4.69, 9.17) is 9.47 Å². The minimum Gasteiger partial charge on any atom is -0.497 e. The van der Waals surface area contributed by atoms with Crippen LogP contribution < -0.4 is 19.1 Å². The molecule has 3 aromatic carbocycles. The number of ether oxygens (including phenoxy) is 2. The van der Waals surface area contributed by atoms with E-state index in [2.05, 4.69) is 5.32 Å². The van der Waals surface area contributed by atoms with Gasteiger partial charge in [-0.15, -0.1) is 0 Å². The molecule has 9 nitrogen and oxygen atoms in total. The average Bonchev–Trinajstić information content (AvgIpc) is 2.99. The zero-order chi connectivity index (χ0) is 30.7. The van der Waals surface area contributed by atoms with E-state index in [1.807, 2.05) is 13.8 Å². The molecule has 3 rings (SSSR count). The third-order valence-corrected chi connectivity index (χ3v) is 8.39. The number of carbonyl (C=O) groups excluding carboxylic acids is 2. The molecule has 0 aliphatic carbocycles. The summed E-state index contributed by atoms with van der Waals surface area (Å²) in [6, 6.07) is 16.8. The van der Waals surface area contributed by atoms with Gasteiger partial charge in [0.25, 0.3) is 10.0 Å². The summed E-state index contributed by atoms with van der Waals surface area (Å²) >= 11 is 0. The van der Waals surface area contributed by atoms with Gasteiger partial charge in [-0.3, -0.25) is 13.9 Å². The predicted molar refractivity (Wildman–Crippen MR) is 159 cm³/mol. The number of sulfonamides is 1. The molecule has 226 valence electrons. The maximum absolute atomic E-state index is 14.0. The van der Waals surface area contributed by atoms with Crippen LogP contribution in [-0.2, 0) is 26.2 Å². The van der Waals surface area contributed by atoms with Gasteiger partial charge in [0.05, 0.1) is 24.3 Å². The lowest BCUT2D eigenvalue weighted by molar-refractivity contribution is -0.139. The number of hydrogen-bond acceptors (Lipinski definition) is 6. The lowest BCUT2D eigenvalue weighted by atomic mass is 10.1. The minimum atomic E-state index is -4.31. The molecule has 0 heterocycles. The summed E-state index contributed by atoms with van der Waals surface area (Å²) in [4.78, 5) is 28.2. The topological polar surface area (TPSA) is 105 Å². The number of carbonyl (C=O) groups is 2. The summed E-state index contributed by atoms with van der Waals surface area (Å²) in [5.74, 6) is -0.437. The van der Waals surface area contributed by atoms with Crippen molar-refractivity contribution in [3.8, 4) is 11.5 Å². The second-order valence-electron chi connectivity index (χ2n) is 9.59. The van der Waals surface area contributed by atoms with Crippen LogP contribution in [0.4, 0.5) is 10.1 Å². The van der Waals surface area contributed by atoms with Crippen LogP contribution in [0.2, 0.25) is 0 Å². The Labute approximate surface area is 247 Å². The van der Waals surface area contributed by atoms with Crippen molar-refractivity contribution < 1.29 is 31.9 Å². The van der Waals surface area contributed by atoms with Gasteiger partial charge < -0.3 is 19.7 Å². The maximum atomic E-state index is 14.0. The molecule has 2 amide bonds. The molecule has 3 aromatic rings. The average molecular weight is 600 g/mol. The highest BCUT2D eigenvalue weighted by atomic mass is 32.2. The molecule has 1 atom stereocenters. The highest BCUT2D eigenvalue weighted by molar-refractivity contribution is 7.92. The van der Waals surface area contributed by atoms with Gasteiger partial charge in [-0.2, -0.15) is 0 Å². The number of anilines is 1. The number of nitrogens with one attached hydrogen (secondary N) is 1. The normalized spacial score (nSPS) is 11.8. The molecule has 0 aliphatic rings. The molecule has 42 heavy (non-hydrogen) atoms. The summed E-state index contributed by atoms with van der Waals surface area (Å²) < 4.78 is 53.1. The molecule has 0 spiro atoms. The van der Waals surface area contributed by atoms with Gasteiger partial charge in [-0.05, 0) is 86.5 Å². The van der Waals surface area contributed by atoms with Crippen molar-refractivity contribution in [1.29, 1.82) is 0 Å². The van der Waals surface area contributed by atoms with Gasteiger partial charge >= 0.3 is 0 Å². The van der Waals surface area contributed by atoms with Crippen LogP contribution in [0, 0.1) is 5.82 Å². The van der Waals surface area contributed by atoms with Gasteiger partial charge in [0.15, 0.2) is 0 Å². The van der Waals surface area contributed by atoms with Crippen molar-refractivity contribution in [3.05, 3.63) is 84.2 Å². The monoisotopic (exact) mass is 599 g/mol. The van der Waals surface area contributed by atoms with E-state index in [0.717, 1.165) is 41.4 Å². The predicted octanol–water partition coefficient (Wildman–Crippen LogP) is 4.76. The molecule has 11 heteroatoms. The highest BCUT2D eigenvalue weighted by Crippen LogP contribution is 2.27. The molecule has 0 fully saturated rings. The summed E-state index contributed by atoms with van der Waals surface area (Å²) in [5, 5.41) is 2.85. The molecule has 0 saturated heterocycles. The third-order valence-electron chi connectivity index (χ3n) is 6.60. The molecule has 0 saturated carbocycles. The fourth-order valence-electron chi connectivity index (χ4n) is 4.22. The summed E-state index contributed by atoms with van der Waals surface area (Å²) in [6.45, 7) is 5.75. The SMILES string of the molecule is CCCCNC(=O)[C@H](C)N(Cc1cccc(OC)c1)C(=O)CN(c1ccc(OCC)cc1)S(=O)(=O)c1ccc(F)cc1. The number of benzene rings is 3. The number of hydrogen-bond donors (Lipinski definition) is 1. The van der Waals surface area contributed by atoms with Crippen molar-refractivity contribution in [2.75, 3.05) is 31.1 Å². The van der Waals surface area contributed by atoms with Gasteiger partial charge in [0.2, 0.25) is 11.8 Å². The minimum absolute atomic E-state index is 0.0338. The Morgan fingerprint density at radius 1 is 0.976 bits per heavy atom. The molecule has 0 bridgehead atoms. The fourth-order valence-corrected chi connectivity index (χ4v) is 5.64. The summed E-state index contributed by atoms with van der Waals surface area (Å²) in [5.41, 5.74) is 0.905. The van der Waals surface area contributed by atoms with Crippen LogP contribution in [0.3, 0.4) is 0 Å². The quantitative estimate of drug-likeness (QED) is 0.253. The first-order chi connectivity index (χ1) is 20.1. The van der Waals surface area contributed by atoms with Gasteiger partial charge in [-0.1, -0.05) is 25.5 Å². The fraction of sp³-hybridized carbons (Fsp3) is 0.355. The molecular weight excluding hydrogens is 561 g/mol. The number of nitrogens with zero attached hydrogens (tertiary/aromatic N) is 2. The molecule has 1 N–H and O–H groups in total. The number of unbranched alkanes of at least 4 members (excludes halogenated alkanes) is 1. The maximum Gasteiger partial charge on any atom is 0.264 e. The zero-order valence-electron chi connectivity index (χ0n) is 24.4. The van der Waals surface area contributed by atoms with E-state index in [1.54, 1.807) is 43.3 Å². The first-order valence-electron chi connectivity index (χ1n) is 13.8. The van der Waals surface area contributed by atoms with Crippen molar-refractivity contribution in [3.63, 3.8) is 0 Å². The molecule has 0 aliphatic heterocycles. The Morgan fingerprint density at radius 3 is 2.29 bits per heavy atom. The summed E-state index contributed by atoms with van der Waals surface area (Å²) in [6.07, 6.45) is 1.67. The van der Waals surface area contributed by atoms with Crippen LogP contribution in [0.15, 0.2) is 77.7 Å². The first kappa shape index (κ1) is 32.4. The van der Waals surface area contributed by atoms with E-state index >= 15 is 0 Å². The third kappa shape index (κ3) is 8.45. The van der Waals surface area contributed by atoms with Crippen molar-refractivity contribution in [2.24, 2.45) is 0 Å². The smallest absolute Gasteiger partial charge is 0.264 e. The van der Waals surface area contributed by atoms with Crippen molar-refractivity contribution >= 4 is 27.5 Å². The Kier molecular flexibility index (Phi) is 11.7. The van der Waals surface area contributed by atoms with E-state index in [1.165, 1.54) is 24.1 Å². The van der Waals surface area contributed by atoms with Crippen molar-refractivity contribution in [1.82, 2.24) is 10.2 Å². The number of halogens is 1. The number of amides is 2. The lowest BCUT2D eigenvalue weighted by Crippen LogP contribution is -2.51. The standard InChI is InChI=1S/C31H38FN3O6S/c1-5-7-19-33-31(37)23(3)34(21-24-9-8-10-28(20-24)40-4)30(36)22-35(26-13-15-27(16-14-26)41-6-2)42(38,39)29-17-11-25(32)12-18-29/h8-18,20,23H,5-7,19,21-22H2,1-4H3,(H,33,37)/t23-/m0/s1. The van der Waals surface area contributed by atoms with Gasteiger partial charge in [0, 0.05) is 13.1 Å². The van der Waals surface area contributed by atoms with Crippen LogP contribution in [0.5, 0.6) is 11.5 Å². The van der Waals surface area contributed by atoms with Crippen molar-refractivity contribution in [2.45, 2.75) is 51.1 Å². The number of rotatable bonds is 15. The summed E-state index contributed by atoms with van der Waals surface area (Å²) in [7, 11) is -2.79. The lowest BCUT2D eigenvalue weighted by Gasteiger charge is -2.32. The molecule has 0 radical (unpaired) electrons. The molecule has 0 aromatic heterocycles. The van der Waals surface area contributed by atoms with Crippen LogP contribution in [-0.4, -0.2) is 58.0 Å². The molecular formula is C31H38FN3O6S. The van der Waals surface area contributed by atoms with E-state index in [-0.39, 0.29) is 23.0 Å². The van der Waals surface area contributed by atoms with E-state index in [0.29, 0.717) is 30.2 Å². The molecule has 0 unspecified atom stereocenters. The Balaban J connectivity index is 2.01. The largest absolute Gasteiger partial charge is 0.497 e. The Hall–Kier alpha value is -4.12. The van der Waals surface area contributed by atoms with Crippen LogP contribution in [0.25, 0.3) is 0 Å². The van der Waals surface area contributed by atoms with Gasteiger partial charge in [0.1, 0.15) is 29.9 Å². The first-order valence-corrected chi connectivity index (χ1v) is 15.3. The number of methoxy groups -OCH3 is 1. The Bertz CT molecular complexity index is 1430. The van der Waals surface area contributed by atoms with Crippen LogP contribution >= 0.6 is 0 Å². The highest BCUT2D eigenvalue weighted by Gasteiger charge is 2.32. The second kappa shape index (κ2) is 15.2. The van der Waals surface area contributed by atoms with E-state index < -0.39 is 34.3 Å². The van der Waals surface area contributed by atoms with Crippen LogP contribution in [0.1, 0.15) is 39.2 Å². The second-order valence-corrected chi connectivity index (χ2v) is 11.4.